The Balaban J connectivity index is 1.77. The molecule has 98 valence electrons. The predicted octanol–water partition coefficient (Wildman–Crippen LogP) is 1.60. The summed E-state index contributed by atoms with van der Waals surface area (Å²) in [5.41, 5.74) is 1.65. The van der Waals surface area contributed by atoms with Gasteiger partial charge in [-0.3, -0.25) is 0 Å². The summed E-state index contributed by atoms with van der Waals surface area (Å²) in [6, 6.07) is 7.33. The Morgan fingerprint density at radius 1 is 1.39 bits per heavy atom. The van der Waals surface area contributed by atoms with Gasteiger partial charge in [0.2, 0.25) is 0 Å². The number of carbonyl (C=O) groups excluding carboxylic acids is 1. The second kappa shape index (κ2) is 6.52. The smallest absolute Gasteiger partial charge is 0.337 e. The molecule has 1 unspecified atom stereocenters. The zero-order chi connectivity index (χ0) is 12.8. The van der Waals surface area contributed by atoms with Gasteiger partial charge >= 0.3 is 5.97 Å². The molecule has 1 fully saturated rings. The molecule has 0 aromatic heterocycles. The highest BCUT2D eigenvalue weighted by Gasteiger charge is 2.14. The van der Waals surface area contributed by atoms with E-state index in [1.165, 1.54) is 13.5 Å². The molecule has 1 aromatic rings. The molecule has 0 amide bonds. The van der Waals surface area contributed by atoms with Gasteiger partial charge in [0.1, 0.15) is 0 Å². The van der Waals surface area contributed by atoms with Crippen LogP contribution in [0.1, 0.15) is 22.3 Å². The Hall–Kier alpha value is -1.39. The van der Waals surface area contributed by atoms with E-state index in [1.54, 1.807) is 12.1 Å². The van der Waals surface area contributed by atoms with Crippen LogP contribution >= 0.6 is 0 Å². The Morgan fingerprint density at radius 3 is 2.78 bits per heavy atom. The maximum absolute atomic E-state index is 11.3. The number of hydrogen-bond acceptors (Lipinski definition) is 4. The molecule has 4 nitrogen and oxygen atoms in total. The van der Waals surface area contributed by atoms with Gasteiger partial charge in [0, 0.05) is 6.54 Å². The number of nitrogens with one attached hydrogen (secondary N) is 1. The second-order valence-corrected chi connectivity index (χ2v) is 4.56. The molecule has 1 heterocycles. The average Bonchev–Trinajstić information content (AvgIpc) is 2.92. The van der Waals surface area contributed by atoms with E-state index in [-0.39, 0.29) is 5.97 Å². The fourth-order valence-electron chi connectivity index (χ4n) is 2.06. The van der Waals surface area contributed by atoms with Crippen LogP contribution in [0.2, 0.25) is 0 Å². The fraction of sp³-hybridized carbons (Fsp3) is 0.500. The van der Waals surface area contributed by atoms with Gasteiger partial charge in [-0.15, -0.1) is 0 Å². The quantitative estimate of drug-likeness (QED) is 0.805. The molecule has 0 spiro atoms. The summed E-state index contributed by atoms with van der Waals surface area (Å²) in [4.78, 5) is 11.3. The summed E-state index contributed by atoms with van der Waals surface area (Å²) in [5.74, 6) is 0.332. The van der Waals surface area contributed by atoms with Crippen molar-refractivity contribution < 1.29 is 14.3 Å². The number of hydrogen-bond donors (Lipinski definition) is 1. The Bertz CT molecular complexity index is 383. The molecule has 0 saturated carbocycles. The van der Waals surface area contributed by atoms with Crippen molar-refractivity contribution >= 4 is 5.97 Å². The van der Waals surface area contributed by atoms with Crippen LogP contribution in [-0.4, -0.2) is 32.8 Å². The number of carbonyl (C=O) groups is 1. The van der Waals surface area contributed by atoms with Crippen LogP contribution in [0.3, 0.4) is 0 Å². The van der Waals surface area contributed by atoms with E-state index < -0.39 is 0 Å². The maximum Gasteiger partial charge on any atom is 0.337 e. The summed E-state index contributed by atoms with van der Waals surface area (Å²) >= 11 is 0. The molecule has 2 rings (SSSR count). The van der Waals surface area contributed by atoms with Crippen molar-refractivity contribution in [3.05, 3.63) is 35.4 Å². The minimum Gasteiger partial charge on any atom is -0.465 e. The first kappa shape index (κ1) is 13.1. The molecule has 1 aromatic carbocycles. The number of methoxy groups -OCH3 is 1. The molecule has 1 N–H and O–H groups in total. The topological polar surface area (TPSA) is 47.6 Å². The van der Waals surface area contributed by atoms with Crippen molar-refractivity contribution in [2.24, 2.45) is 5.92 Å². The van der Waals surface area contributed by atoms with Crippen LogP contribution in [0.25, 0.3) is 0 Å². The van der Waals surface area contributed by atoms with Gasteiger partial charge in [-0.25, -0.2) is 4.79 Å². The van der Waals surface area contributed by atoms with E-state index in [1.807, 2.05) is 12.1 Å². The number of ether oxygens (including phenoxy) is 2. The first-order valence-corrected chi connectivity index (χ1v) is 6.25. The molecule has 4 heteroatoms. The van der Waals surface area contributed by atoms with E-state index in [2.05, 4.69) is 10.1 Å². The Labute approximate surface area is 107 Å². The van der Waals surface area contributed by atoms with Gasteiger partial charge in [0.05, 0.1) is 25.9 Å². The zero-order valence-corrected chi connectivity index (χ0v) is 10.6. The lowest BCUT2D eigenvalue weighted by Gasteiger charge is -2.09. The van der Waals surface area contributed by atoms with Crippen LogP contribution in [-0.2, 0) is 16.1 Å². The normalized spacial score (nSPS) is 18.8. The molecule has 0 radical (unpaired) electrons. The van der Waals surface area contributed by atoms with E-state index in [9.17, 15) is 4.79 Å². The van der Waals surface area contributed by atoms with E-state index >= 15 is 0 Å². The van der Waals surface area contributed by atoms with Crippen molar-refractivity contribution in [3.63, 3.8) is 0 Å². The molecule has 1 saturated heterocycles. The van der Waals surface area contributed by atoms with Gasteiger partial charge in [0.15, 0.2) is 0 Å². The second-order valence-electron chi connectivity index (χ2n) is 4.56. The Kier molecular flexibility index (Phi) is 4.73. The van der Waals surface area contributed by atoms with Crippen LogP contribution in [0, 0.1) is 5.92 Å². The Morgan fingerprint density at radius 2 is 2.17 bits per heavy atom. The van der Waals surface area contributed by atoms with Gasteiger partial charge in [-0.05, 0) is 36.6 Å². The van der Waals surface area contributed by atoms with Crippen LogP contribution in [0.5, 0.6) is 0 Å². The fourth-order valence-corrected chi connectivity index (χ4v) is 2.06. The molecule has 18 heavy (non-hydrogen) atoms. The average molecular weight is 249 g/mol. The first-order valence-electron chi connectivity index (χ1n) is 6.25. The van der Waals surface area contributed by atoms with E-state index in [4.69, 9.17) is 4.74 Å². The summed E-state index contributed by atoms with van der Waals surface area (Å²) in [5, 5.41) is 3.32. The third-order valence-corrected chi connectivity index (χ3v) is 3.16. The monoisotopic (exact) mass is 249 g/mol. The van der Waals surface area contributed by atoms with Gasteiger partial charge < -0.3 is 14.8 Å². The van der Waals surface area contributed by atoms with Gasteiger partial charge in [0.25, 0.3) is 0 Å². The molecule has 1 aliphatic heterocycles. The molecule has 1 atom stereocenters. The van der Waals surface area contributed by atoms with Crippen molar-refractivity contribution in [2.45, 2.75) is 13.0 Å². The largest absolute Gasteiger partial charge is 0.465 e. The van der Waals surface area contributed by atoms with Gasteiger partial charge in [-0.2, -0.15) is 0 Å². The third-order valence-electron chi connectivity index (χ3n) is 3.16. The van der Waals surface area contributed by atoms with E-state index in [0.717, 1.165) is 25.3 Å². The number of benzene rings is 1. The van der Waals surface area contributed by atoms with Crippen LogP contribution in [0.15, 0.2) is 24.3 Å². The maximum atomic E-state index is 11.3. The molecular weight excluding hydrogens is 230 g/mol. The summed E-state index contributed by atoms with van der Waals surface area (Å²) < 4.78 is 10.3. The standard InChI is InChI=1S/C14H19NO3/c1-17-14(16)13-4-2-11(3-5-13)9-18-10-12-6-7-15-8-12/h2-5,12,15H,6-10H2,1H3. The summed E-state index contributed by atoms with van der Waals surface area (Å²) in [6.07, 6.45) is 1.20. The zero-order valence-electron chi connectivity index (χ0n) is 10.6. The lowest BCUT2D eigenvalue weighted by molar-refractivity contribution is 0.0600. The molecule has 0 bridgehead atoms. The van der Waals surface area contributed by atoms with Gasteiger partial charge in [-0.1, -0.05) is 12.1 Å². The number of esters is 1. The number of rotatable bonds is 5. The summed E-state index contributed by atoms with van der Waals surface area (Å²) in [6.45, 7) is 3.55. The molecule has 0 aliphatic carbocycles. The SMILES string of the molecule is COC(=O)c1ccc(COCC2CCNC2)cc1. The van der Waals surface area contributed by atoms with Crippen LogP contribution in [0.4, 0.5) is 0 Å². The highest BCUT2D eigenvalue weighted by molar-refractivity contribution is 5.89. The summed E-state index contributed by atoms with van der Waals surface area (Å²) in [7, 11) is 1.38. The lowest BCUT2D eigenvalue weighted by atomic mass is 10.1. The highest BCUT2D eigenvalue weighted by atomic mass is 16.5. The minimum atomic E-state index is -0.306. The highest BCUT2D eigenvalue weighted by Crippen LogP contribution is 2.11. The lowest BCUT2D eigenvalue weighted by Crippen LogP contribution is -2.13. The third kappa shape index (κ3) is 3.55. The predicted molar refractivity (Wildman–Crippen MR) is 68.4 cm³/mol. The van der Waals surface area contributed by atoms with Crippen molar-refractivity contribution in [3.8, 4) is 0 Å². The minimum absolute atomic E-state index is 0.306. The van der Waals surface area contributed by atoms with Crippen molar-refractivity contribution in [2.75, 3.05) is 26.8 Å². The van der Waals surface area contributed by atoms with Crippen molar-refractivity contribution in [1.29, 1.82) is 0 Å². The molecular formula is C14H19NO3. The first-order chi connectivity index (χ1) is 8.79. The van der Waals surface area contributed by atoms with Crippen LogP contribution < -0.4 is 5.32 Å². The van der Waals surface area contributed by atoms with Crippen molar-refractivity contribution in [1.82, 2.24) is 5.32 Å². The van der Waals surface area contributed by atoms with E-state index in [0.29, 0.717) is 18.1 Å². The molecule has 1 aliphatic rings.